The van der Waals surface area contributed by atoms with Crippen LogP contribution in [0, 0.1) is 6.92 Å². The molecule has 5 nitrogen and oxygen atoms in total. The molecule has 1 rings (SSSR count). The molecule has 2 unspecified atom stereocenters. The van der Waals surface area contributed by atoms with Gasteiger partial charge in [0, 0.05) is 21.5 Å². The molecule has 0 bridgehead atoms. The van der Waals surface area contributed by atoms with Crippen molar-refractivity contribution >= 4 is 43.4 Å². The van der Waals surface area contributed by atoms with Crippen molar-refractivity contribution in [2.75, 3.05) is 18.6 Å². The second-order valence-corrected chi connectivity index (χ2v) is 8.16. The van der Waals surface area contributed by atoms with E-state index in [1.54, 1.807) is 19.9 Å². The van der Waals surface area contributed by atoms with Crippen LogP contribution in [0.5, 0.6) is 0 Å². The van der Waals surface area contributed by atoms with Crippen molar-refractivity contribution in [3.63, 3.8) is 0 Å². The van der Waals surface area contributed by atoms with Gasteiger partial charge in [0.15, 0.2) is 0 Å². The van der Waals surface area contributed by atoms with E-state index in [0.29, 0.717) is 15.7 Å². The van der Waals surface area contributed by atoms with Gasteiger partial charge >= 0.3 is 0 Å². The van der Waals surface area contributed by atoms with E-state index < -0.39 is 10.0 Å². The van der Waals surface area contributed by atoms with E-state index >= 15 is 0 Å². The number of hydrogen-bond donors (Lipinski definition) is 3. The van der Waals surface area contributed by atoms with Crippen LogP contribution in [0.25, 0.3) is 0 Å². The third-order valence-corrected chi connectivity index (χ3v) is 6.34. The van der Waals surface area contributed by atoms with Gasteiger partial charge in [-0.05, 0) is 37.8 Å². The molecule has 0 saturated carbocycles. The van der Waals surface area contributed by atoms with Crippen LogP contribution >= 0.6 is 27.7 Å². The number of sulfonamides is 1. The van der Waals surface area contributed by atoms with Crippen molar-refractivity contribution in [2.45, 2.75) is 30.0 Å². The standard InChI is InChI=1S/C12H19BrN2O3S2/c1-7-10(14)4-9(13)5-12(7)20(17,18)15-8(2)11(6-16)19-3/h4-5,8,11,15-16H,6,14H2,1-3H3. The van der Waals surface area contributed by atoms with Crippen LogP contribution in [-0.4, -0.2) is 37.7 Å². The van der Waals surface area contributed by atoms with Crippen molar-refractivity contribution in [3.8, 4) is 0 Å². The number of benzene rings is 1. The van der Waals surface area contributed by atoms with E-state index in [4.69, 9.17) is 5.73 Å². The van der Waals surface area contributed by atoms with E-state index in [2.05, 4.69) is 20.7 Å². The average molecular weight is 383 g/mol. The number of rotatable bonds is 6. The maximum absolute atomic E-state index is 12.4. The zero-order valence-electron chi connectivity index (χ0n) is 11.6. The highest BCUT2D eigenvalue weighted by Crippen LogP contribution is 2.26. The van der Waals surface area contributed by atoms with Crippen LogP contribution in [0.4, 0.5) is 5.69 Å². The number of anilines is 1. The molecule has 114 valence electrons. The maximum atomic E-state index is 12.4. The van der Waals surface area contributed by atoms with Gasteiger partial charge in [-0.15, -0.1) is 0 Å². The molecule has 8 heteroatoms. The molecule has 0 aliphatic rings. The first-order valence-electron chi connectivity index (χ1n) is 5.94. The zero-order chi connectivity index (χ0) is 15.5. The molecule has 2 atom stereocenters. The molecule has 0 aliphatic carbocycles. The molecule has 0 amide bonds. The van der Waals surface area contributed by atoms with Gasteiger partial charge in [-0.25, -0.2) is 13.1 Å². The van der Waals surface area contributed by atoms with E-state index in [-0.39, 0.29) is 22.8 Å². The number of hydrogen-bond acceptors (Lipinski definition) is 5. The molecule has 4 N–H and O–H groups in total. The van der Waals surface area contributed by atoms with E-state index in [0.717, 1.165) is 0 Å². The van der Waals surface area contributed by atoms with Crippen molar-refractivity contribution < 1.29 is 13.5 Å². The quantitative estimate of drug-likeness (QED) is 0.651. The van der Waals surface area contributed by atoms with Gasteiger partial charge in [0.2, 0.25) is 10.0 Å². The second kappa shape index (κ2) is 7.13. The molecule has 0 aliphatic heterocycles. The largest absolute Gasteiger partial charge is 0.398 e. The minimum absolute atomic E-state index is 0.0928. The van der Waals surface area contributed by atoms with Gasteiger partial charge in [0.25, 0.3) is 0 Å². The first kappa shape index (κ1) is 17.8. The van der Waals surface area contributed by atoms with Crippen molar-refractivity contribution in [1.29, 1.82) is 0 Å². The van der Waals surface area contributed by atoms with Gasteiger partial charge in [-0.1, -0.05) is 15.9 Å². The topological polar surface area (TPSA) is 92.4 Å². The fourth-order valence-electron chi connectivity index (χ4n) is 1.77. The molecule has 0 saturated heterocycles. The van der Waals surface area contributed by atoms with Gasteiger partial charge in [0.05, 0.1) is 11.5 Å². The summed E-state index contributed by atoms with van der Waals surface area (Å²) in [4.78, 5) is 0.147. The lowest BCUT2D eigenvalue weighted by atomic mass is 10.2. The SMILES string of the molecule is CSC(CO)C(C)NS(=O)(=O)c1cc(Br)cc(N)c1C. The minimum Gasteiger partial charge on any atom is -0.398 e. The summed E-state index contributed by atoms with van der Waals surface area (Å²) in [5.41, 5.74) is 6.72. The second-order valence-electron chi connectivity index (χ2n) is 4.48. The van der Waals surface area contributed by atoms with Crippen LogP contribution in [0.1, 0.15) is 12.5 Å². The summed E-state index contributed by atoms with van der Waals surface area (Å²) in [7, 11) is -3.68. The highest BCUT2D eigenvalue weighted by atomic mass is 79.9. The smallest absolute Gasteiger partial charge is 0.241 e. The van der Waals surface area contributed by atoms with Gasteiger partial charge < -0.3 is 10.8 Å². The molecular formula is C12H19BrN2O3S2. The minimum atomic E-state index is -3.68. The lowest BCUT2D eigenvalue weighted by Gasteiger charge is -2.22. The molecule has 0 aromatic heterocycles. The highest BCUT2D eigenvalue weighted by Gasteiger charge is 2.25. The number of aliphatic hydroxyl groups excluding tert-OH is 1. The Morgan fingerprint density at radius 3 is 2.60 bits per heavy atom. The van der Waals surface area contributed by atoms with Gasteiger partial charge in [-0.2, -0.15) is 11.8 Å². The number of halogens is 1. The summed E-state index contributed by atoms with van der Waals surface area (Å²) in [5, 5.41) is 9.02. The maximum Gasteiger partial charge on any atom is 0.241 e. The first-order valence-corrected chi connectivity index (χ1v) is 9.51. The summed E-state index contributed by atoms with van der Waals surface area (Å²) in [6.45, 7) is 3.30. The van der Waals surface area contributed by atoms with Crippen LogP contribution < -0.4 is 10.5 Å². The van der Waals surface area contributed by atoms with E-state index in [1.165, 1.54) is 17.8 Å². The number of thioether (sulfide) groups is 1. The summed E-state index contributed by atoms with van der Waals surface area (Å²) >= 11 is 4.66. The molecule has 1 aromatic rings. The normalized spacial score (nSPS) is 15.1. The van der Waals surface area contributed by atoms with Crippen molar-refractivity contribution in [1.82, 2.24) is 4.72 Å². The van der Waals surface area contributed by atoms with Crippen LogP contribution in [0.3, 0.4) is 0 Å². The highest BCUT2D eigenvalue weighted by molar-refractivity contribution is 9.10. The third kappa shape index (κ3) is 4.11. The molecule has 0 heterocycles. The number of nitrogen functional groups attached to an aromatic ring is 1. The average Bonchev–Trinajstić information content (AvgIpc) is 2.34. The van der Waals surface area contributed by atoms with Crippen LogP contribution in [0.2, 0.25) is 0 Å². The molecule has 20 heavy (non-hydrogen) atoms. The lowest BCUT2D eigenvalue weighted by molar-refractivity contribution is 0.282. The van der Waals surface area contributed by atoms with Gasteiger partial charge in [0.1, 0.15) is 0 Å². The number of nitrogens with one attached hydrogen (secondary N) is 1. The first-order chi connectivity index (χ1) is 9.22. The molecule has 0 fully saturated rings. The Bertz CT molecular complexity index is 574. The third-order valence-electron chi connectivity index (χ3n) is 3.04. The van der Waals surface area contributed by atoms with E-state index in [9.17, 15) is 13.5 Å². The Kier molecular flexibility index (Phi) is 6.33. The summed E-state index contributed by atoms with van der Waals surface area (Å²) < 4.78 is 28.0. The molecule has 0 spiro atoms. The Morgan fingerprint density at radius 1 is 1.50 bits per heavy atom. The van der Waals surface area contributed by atoms with Gasteiger partial charge in [-0.3, -0.25) is 0 Å². The van der Waals surface area contributed by atoms with E-state index in [1.807, 2.05) is 6.26 Å². The predicted octanol–water partition coefficient (Wildman–Crippen LogP) is 1.73. The fraction of sp³-hybridized carbons (Fsp3) is 0.500. The molecule has 1 aromatic carbocycles. The van der Waals surface area contributed by atoms with Crippen LogP contribution in [-0.2, 0) is 10.0 Å². The Morgan fingerprint density at radius 2 is 2.10 bits per heavy atom. The number of nitrogens with two attached hydrogens (primary N) is 1. The summed E-state index contributed by atoms with van der Waals surface area (Å²) in [5.74, 6) is 0. The monoisotopic (exact) mass is 382 g/mol. The molecular weight excluding hydrogens is 364 g/mol. The van der Waals surface area contributed by atoms with Crippen molar-refractivity contribution in [3.05, 3.63) is 22.2 Å². The fourth-order valence-corrected chi connectivity index (χ4v) is 4.70. The number of aliphatic hydroxyl groups is 1. The predicted molar refractivity (Wildman–Crippen MR) is 87.5 cm³/mol. The Hall–Kier alpha value is -0.280. The lowest BCUT2D eigenvalue weighted by Crippen LogP contribution is -2.41. The Balaban J connectivity index is 3.12. The summed E-state index contributed by atoms with van der Waals surface area (Å²) in [6, 6.07) is 2.80. The zero-order valence-corrected chi connectivity index (χ0v) is 14.8. The van der Waals surface area contributed by atoms with Crippen molar-refractivity contribution in [2.24, 2.45) is 0 Å². The molecule has 0 radical (unpaired) electrons. The summed E-state index contributed by atoms with van der Waals surface area (Å²) in [6.07, 6.45) is 1.83. The van der Waals surface area contributed by atoms with Crippen LogP contribution in [0.15, 0.2) is 21.5 Å². The Labute approximate surface area is 132 Å².